The average molecular weight is 368 g/mol. The highest BCUT2D eigenvalue weighted by molar-refractivity contribution is 6.01. The van der Waals surface area contributed by atoms with Crippen LogP contribution in [-0.2, 0) is 17.9 Å². The molecule has 138 valence electrons. The summed E-state index contributed by atoms with van der Waals surface area (Å²) in [5.41, 5.74) is 1.74. The molecule has 2 aromatic rings. The number of nitrogens with one attached hydrogen (secondary N) is 1. The standard InChI is InChI=1S/C18H16F4N2O2/c19-15-7-2-1-5-14(15)11-23-10-12-4-3-6-13(8-12)16-9-17(25,26-24-16)18(20,21)22/h1-8,23,25H,9-11H2. The Kier molecular flexibility index (Phi) is 4.97. The van der Waals surface area contributed by atoms with E-state index < -0.39 is 18.4 Å². The summed E-state index contributed by atoms with van der Waals surface area (Å²) in [6.45, 7) is 0.703. The fraction of sp³-hybridized carbons (Fsp3) is 0.278. The fourth-order valence-corrected chi connectivity index (χ4v) is 2.57. The van der Waals surface area contributed by atoms with Crippen LogP contribution in [0.3, 0.4) is 0 Å². The van der Waals surface area contributed by atoms with E-state index in [9.17, 15) is 22.7 Å². The Morgan fingerprint density at radius 3 is 2.58 bits per heavy atom. The van der Waals surface area contributed by atoms with Crippen molar-refractivity contribution in [2.45, 2.75) is 31.5 Å². The molecule has 3 rings (SSSR count). The molecule has 0 amide bonds. The molecule has 0 aromatic heterocycles. The smallest absolute Gasteiger partial charge is 0.350 e. The molecule has 2 aromatic carbocycles. The molecule has 26 heavy (non-hydrogen) atoms. The van der Waals surface area contributed by atoms with Crippen molar-refractivity contribution in [3.63, 3.8) is 0 Å². The Morgan fingerprint density at radius 1 is 1.12 bits per heavy atom. The SMILES string of the molecule is OC1(C(F)(F)F)CC(c2cccc(CNCc3ccccc3F)c2)=NO1. The number of oxime groups is 1. The number of halogens is 4. The minimum Gasteiger partial charge on any atom is -0.350 e. The van der Waals surface area contributed by atoms with E-state index in [0.717, 1.165) is 5.56 Å². The first-order valence-corrected chi connectivity index (χ1v) is 7.86. The predicted octanol–water partition coefficient (Wildman–Crippen LogP) is 3.49. The van der Waals surface area contributed by atoms with Gasteiger partial charge in [0.2, 0.25) is 0 Å². The number of aliphatic hydroxyl groups is 1. The van der Waals surface area contributed by atoms with E-state index in [-0.39, 0.29) is 11.5 Å². The van der Waals surface area contributed by atoms with Crippen LogP contribution >= 0.6 is 0 Å². The largest absolute Gasteiger partial charge is 0.458 e. The van der Waals surface area contributed by atoms with Crippen molar-refractivity contribution in [3.8, 4) is 0 Å². The van der Waals surface area contributed by atoms with Crippen LogP contribution in [0, 0.1) is 5.82 Å². The van der Waals surface area contributed by atoms with E-state index in [4.69, 9.17) is 0 Å². The third-order valence-corrected chi connectivity index (χ3v) is 4.02. The minimum absolute atomic E-state index is 0.0146. The van der Waals surface area contributed by atoms with Crippen LogP contribution < -0.4 is 5.32 Å². The lowest BCUT2D eigenvalue weighted by molar-refractivity contribution is -0.355. The molecule has 1 atom stereocenters. The molecule has 0 fully saturated rings. The lowest BCUT2D eigenvalue weighted by Gasteiger charge is -2.22. The van der Waals surface area contributed by atoms with Gasteiger partial charge in [0.15, 0.2) is 0 Å². The van der Waals surface area contributed by atoms with Crippen molar-refractivity contribution in [1.82, 2.24) is 5.32 Å². The highest BCUT2D eigenvalue weighted by atomic mass is 19.4. The number of rotatable bonds is 5. The van der Waals surface area contributed by atoms with Crippen LogP contribution in [0.2, 0.25) is 0 Å². The van der Waals surface area contributed by atoms with E-state index in [0.29, 0.717) is 24.2 Å². The summed E-state index contributed by atoms with van der Waals surface area (Å²) in [7, 11) is 0. The Morgan fingerprint density at radius 2 is 1.88 bits per heavy atom. The van der Waals surface area contributed by atoms with Gasteiger partial charge in [0.05, 0.1) is 12.1 Å². The number of hydrogen-bond donors (Lipinski definition) is 2. The topological polar surface area (TPSA) is 53.8 Å². The third kappa shape index (κ3) is 3.86. The Hall–Kier alpha value is -2.45. The lowest BCUT2D eigenvalue weighted by Crippen LogP contribution is -2.45. The van der Waals surface area contributed by atoms with Gasteiger partial charge in [-0.25, -0.2) is 4.39 Å². The maximum Gasteiger partial charge on any atom is 0.458 e. The molecule has 0 spiro atoms. The molecule has 4 nitrogen and oxygen atoms in total. The molecule has 1 aliphatic heterocycles. The zero-order chi connectivity index (χ0) is 18.8. The zero-order valence-electron chi connectivity index (χ0n) is 13.6. The summed E-state index contributed by atoms with van der Waals surface area (Å²) >= 11 is 0. The highest BCUT2D eigenvalue weighted by Crippen LogP contribution is 2.38. The van der Waals surface area contributed by atoms with Crippen molar-refractivity contribution in [2.75, 3.05) is 0 Å². The second-order valence-corrected chi connectivity index (χ2v) is 5.98. The number of nitrogens with zero attached hydrogens (tertiary/aromatic N) is 1. The molecule has 1 aliphatic rings. The van der Waals surface area contributed by atoms with Crippen LogP contribution in [0.5, 0.6) is 0 Å². The average Bonchev–Trinajstić information content (AvgIpc) is 3.01. The van der Waals surface area contributed by atoms with E-state index in [1.165, 1.54) is 6.07 Å². The molecular formula is C18H16F4N2O2. The van der Waals surface area contributed by atoms with Crippen LogP contribution in [-0.4, -0.2) is 22.8 Å². The maximum atomic E-state index is 13.6. The first-order valence-electron chi connectivity index (χ1n) is 7.86. The molecule has 0 saturated heterocycles. The molecule has 2 N–H and O–H groups in total. The van der Waals surface area contributed by atoms with Gasteiger partial charge in [0.1, 0.15) is 5.82 Å². The van der Waals surface area contributed by atoms with Gasteiger partial charge < -0.3 is 15.3 Å². The monoisotopic (exact) mass is 368 g/mol. The van der Waals surface area contributed by atoms with Gasteiger partial charge in [-0.05, 0) is 23.3 Å². The summed E-state index contributed by atoms with van der Waals surface area (Å²) in [6, 6.07) is 13.1. The van der Waals surface area contributed by atoms with Crippen molar-refractivity contribution in [1.29, 1.82) is 0 Å². The minimum atomic E-state index is -4.93. The zero-order valence-corrected chi connectivity index (χ0v) is 13.6. The second kappa shape index (κ2) is 7.05. The van der Waals surface area contributed by atoms with Crippen LogP contribution in [0.25, 0.3) is 0 Å². The van der Waals surface area contributed by atoms with Gasteiger partial charge in [-0.1, -0.05) is 41.6 Å². The van der Waals surface area contributed by atoms with Crippen LogP contribution in [0.15, 0.2) is 53.7 Å². The van der Waals surface area contributed by atoms with Gasteiger partial charge in [-0.15, -0.1) is 0 Å². The predicted molar refractivity (Wildman–Crippen MR) is 86.6 cm³/mol. The number of alkyl halides is 3. The molecule has 0 bridgehead atoms. The van der Waals surface area contributed by atoms with E-state index in [2.05, 4.69) is 15.3 Å². The van der Waals surface area contributed by atoms with Crippen molar-refractivity contribution in [3.05, 3.63) is 71.0 Å². The molecule has 8 heteroatoms. The van der Waals surface area contributed by atoms with E-state index >= 15 is 0 Å². The number of benzene rings is 2. The molecule has 0 saturated carbocycles. The van der Waals surface area contributed by atoms with Crippen molar-refractivity contribution in [2.24, 2.45) is 5.16 Å². The highest BCUT2D eigenvalue weighted by Gasteiger charge is 2.60. The van der Waals surface area contributed by atoms with Crippen LogP contribution in [0.4, 0.5) is 17.6 Å². The fourth-order valence-electron chi connectivity index (χ4n) is 2.57. The van der Waals surface area contributed by atoms with E-state index in [1.807, 2.05) is 0 Å². The lowest BCUT2D eigenvalue weighted by atomic mass is 10.0. The van der Waals surface area contributed by atoms with Crippen LogP contribution in [0.1, 0.15) is 23.1 Å². The van der Waals surface area contributed by atoms with E-state index in [1.54, 1.807) is 42.5 Å². The maximum absolute atomic E-state index is 13.6. The molecule has 1 heterocycles. The van der Waals surface area contributed by atoms with Gasteiger partial charge in [0.25, 0.3) is 0 Å². The Bertz CT molecular complexity index is 823. The first-order chi connectivity index (χ1) is 12.3. The van der Waals surface area contributed by atoms with Gasteiger partial charge in [-0.3, -0.25) is 0 Å². The summed E-state index contributed by atoms with van der Waals surface area (Å²) in [5.74, 6) is -3.60. The summed E-state index contributed by atoms with van der Waals surface area (Å²) in [6.07, 6.45) is -5.71. The normalized spacial score (nSPS) is 20.0. The van der Waals surface area contributed by atoms with Crippen molar-refractivity contribution < 1.29 is 27.5 Å². The summed E-state index contributed by atoms with van der Waals surface area (Å²) in [5, 5.41) is 16.0. The second-order valence-electron chi connectivity index (χ2n) is 5.98. The van der Waals surface area contributed by atoms with Crippen molar-refractivity contribution >= 4 is 5.71 Å². The third-order valence-electron chi connectivity index (χ3n) is 4.02. The molecule has 0 aliphatic carbocycles. The quantitative estimate of drug-likeness (QED) is 0.795. The van der Waals surface area contributed by atoms with Gasteiger partial charge in [-0.2, -0.15) is 13.2 Å². The molecule has 1 unspecified atom stereocenters. The summed E-state index contributed by atoms with van der Waals surface area (Å²) in [4.78, 5) is 4.23. The Labute approximate surface area is 147 Å². The molecular weight excluding hydrogens is 352 g/mol. The number of hydrogen-bond acceptors (Lipinski definition) is 4. The van der Waals surface area contributed by atoms with Gasteiger partial charge in [0, 0.05) is 18.7 Å². The Balaban J connectivity index is 1.63. The van der Waals surface area contributed by atoms with Gasteiger partial charge >= 0.3 is 12.0 Å². The first kappa shape index (κ1) is 18.3. The summed E-state index contributed by atoms with van der Waals surface area (Å²) < 4.78 is 51.9. The molecule has 0 radical (unpaired) electrons.